The van der Waals surface area contributed by atoms with E-state index in [0.717, 1.165) is 36.4 Å². The van der Waals surface area contributed by atoms with Crippen LogP contribution < -0.4 is 14.8 Å². The number of benzene rings is 2. The second-order valence-electron chi connectivity index (χ2n) is 5.34. The number of hydrogen-bond acceptors (Lipinski definition) is 7. The molecule has 0 atom stereocenters. The van der Waals surface area contributed by atoms with Crippen LogP contribution in [-0.4, -0.2) is 36.9 Å². The molecule has 0 radical (unpaired) electrons. The summed E-state index contributed by atoms with van der Waals surface area (Å²) in [5, 5.41) is 13.1. The van der Waals surface area contributed by atoms with Crippen molar-refractivity contribution in [3.8, 4) is 11.5 Å². The first kappa shape index (κ1) is 21.5. The Morgan fingerprint density at radius 2 is 1.79 bits per heavy atom. The number of halogens is 3. The molecule has 2 aromatic carbocycles. The smallest absolute Gasteiger partial charge is 0.496 e. The number of carbonyl (C=O) groups excluding carboxylic acids is 2. The zero-order valence-electron chi connectivity index (χ0n) is 14.7. The number of amides is 1. The number of nitro groups is 1. The Bertz CT molecular complexity index is 914. The van der Waals surface area contributed by atoms with Gasteiger partial charge in [0, 0.05) is 17.8 Å². The van der Waals surface area contributed by atoms with E-state index in [9.17, 15) is 32.9 Å². The van der Waals surface area contributed by atoms with Crippen LogP contribution in [0.25, 0.3) is 0 Å². The standard InChI is InChI=1S/C17H13F3N2O7/c1-27-14-7-4-11(22(25)26)8-13(14)16(24)28-9-15(23)21-10-2-5-12(6-3-10)29-17(18,19)20/h2-8H,9H2,1H3,(H,21,23). The molecule has 0 aliphatic carbocycles. The predicted octanol–water partition coefficient (Wildman–Crippen LogP) is 3.30. The average molecular weight is 414 g/mol. The molecule has 0 saturated heterocycles. The van der Waals surface area contributed by atoms with E-state index in [4.69, 9.17) is 9.47 Å². The van der Waals surface area contributed by atoms with Crippen LogP contribution in [0.3, 0.4) is 0 Å². The van der Waals surface area contributed by atoms with Gasteiger partial charge in [-0.2, -0.15) is 0 Å². The number of nitrogens with zero attached hydrogens (tertiary/aromatic N) is 1. The van der Waals surface area contributed by atoms with Gasteiger partial charge in [0.15, 0.2) is 6.61 Å². The van der Waals surface area contributed by atoms with Crippen molar-refractivity contribution in [1.29, 1.82) is 0 Å². The van der Waals surface area contributed by atoms with E-state index >= 15 is 0 Å². The van der Waals surface area contributed by atoms with Gasteiger partial charge in [0.05, 0.1) is 12.0 Å². The van der Waals surface area contributed by atoms with Crippen molar-refractivity contribution in [3.05, 3.63) is 58.1 Å². The fourth-order valence-corrected chi connectivity index (χ4v) is 2.11. The van der Waals surface area contributed by atoms with E-state index in [1.807, 2.05) is 0 Å². The summed E-state index contributed by atoms with van der Waals surface area (Å²) in [5.74, 6) is -2.28. The van der Waals surface area contributed by atoms with Gasteiger partial charge in [0.2, 0.25) is 0 Å². The third-order valence-electron chi connectivity index (χ3n) is 3.32. The Kier molecular flexibility index (Phi) is 6.59. The third kappa shape index (κ3) is 6.37. The Morgan fingerprint density at radius 3 is 2.34 bits per heavy atom. The summed E-state index contributed by atoms with van der Waals surface area (Å²) in [6, 6.07) is 7.58. The molecule has 0 aliphatic heterocycles. The van der Waals surface area contributed by atoms with Gasteiger partial charge in [0.25, 0.3) is 11.6 Å². The normalized spacial score (nSPS) is 10.8. The van der Waals surface area contributed by atoms with Crippen LogP contribution >= 0.6 is 0 Å². The lowest BCUT2D eigenvalue weighted by atomic mass is 10.2. The predicted molar refractivity (Wildman–Crippen MR) is 91.7 cm³/mol. The van der Waals surface area contributed by atoms with Crippen LogP contribution in [0.4, 0.5) is 24.5 Å². The van der Waals surface area contributed by atoms with Gasteiger partial charge in [-0.25, -0.2) is 4.79 Å². The quantitative estimate of drug-likeness (QED) is 0.420. The summed E-state index contributed by atoms with van der Waals surface area (Å²) in [4.78, 5) is 34.1. The summed E-state index contributed by atoms with van der Waals surface area (Å²) < 4.78 is 49.7. The van der Waals surface area contributed by atoms with E-state index in [-0.39, 0.29) is 22.7 Å². The molecule has 0 aromatic heterocycles. The van der Waals surface area contributed by atoms with Gasteiger partial charge in [-0.15, -0.1) is 13.2 Å². The highest BCUT2D eigenvalue weighted by molar-refractivity contribution is 5.97. The molecule has 2 aromatic rings. The maximum atomic E-state index is 12.1. The zero-order valence-corrected chi connectivity index (χ0v) is 14.7. The first-order valence-electron chi connectivity index (χ1n) is 7.74. The number of anilines is 1. The molecular weight excluding hydrogens is 401 g/mol. The monoisotopic (exact) mass is 414 g/mol. The number of carbonyl (C=O) groups is 2. The van der Waals surface area contributed by atoms with Crippen molar-refractivity contribution < 1.29 is 41.9 Å². The SMILES string of the molecule is COc1ccc([N+](=O)[O-])cc1C(=O)OCC(=O)Nc1ccc(OC(F)(F)F)cc1. The number of hydrogen-bond donors (Lipinski definition) is 1. The van der Waals surface area contributed by atoms with E-state index in [1.165, 1.54) is 13.2 Å². The number of rotatable bonds is 7. The average Bonchev–Trinajstić information content (AvgIpc) is 2.66. The molecule has 0 fully saturated rings. The first-order chi connectivity index (χ1) is 13.6. The number of esters is 1. The van der Waals surface area contributed by atoms with E-state index in [1.54, 1.807) is 0 Å². The molecule has 12 heteroatoms. The number of nitrogens with one attached hydrogen (secondary N) is 1. The minimum Gasteiger partial charge on any atom is -0.496 e. The Balaban J connectivity index is 1.96. The van der Waals surface area contributed by atoms with Gasteiger partial charge < -0.3 is 19.5 Å². The maximum Gasteiger partial charge on any atom is 0.573 e. The maximum absolute atomic E-state index is 12.1. The van der Waals surface area contributed by atoms with Crippen LogP contribution in [0, 0.1) is 10.1 Å². The molecule has 0 bridgehead atoms. The Labute approximate surface area is 161 Å². The molecule has 154 valence electrons. The van der Waals surface area contributed by atoms with Crippen LogP contribution in [-0.2, 0) is 9.53 Å². The molecule has 0 spiro atoms. The lowest BCUT2D eigenvalue weighted by Gasteiger charge is -2.11. The topological polar surface area (TPSA) is 117 Å². The molecule has 0 unspecified atom stereocenters. The van der Waals surface area contributed by atoms with Crippen molar-refractivity contribution >= 4 is 23.3 Å². The summed E-state index contributed by atoms with van der Waals surface area (Å²) in [7, 11) is 1.25. The van der Waals surface area contributed by atoms with Gasteiger partial charge in [-0.3, -0.25) is 14.9 Å². The number of ether oxygens (including phenoxy) is 3. The zero-order chi connectivity index (χ0) is 21.6. The first-order valence-corrected chi connectivity index (χ1v) is 7.74. The van der Waals surface area contributed by atoms with Gasteiger partial charge >= 0.3 is 12.3 Å². The summed E-state index contributed by atoms with van der Waals surface area (Å²) in [6.07, 6.45) is -4.84. The highest BCUT2D eigenvalue weighted by Crippen LogP contribution is 2.25. The fourth-order valence-electron chi connectivity index (χ4n) is 2.11. The van der Waals surface area contributed by atoms with E-state index in [2.05, 4.69) is 10.1 Å². The second kappa shape index (κ2) is 8.91. The molecule has 1 N–H and O–H groups in total. The molecule has 0 heterocycles. The molecule has 9 nitrogen and oxygen atoms in total. The third-order valence-corrected chi connectivity index (χ3v) is 3.32. The number of alkyl halides is 3. The molecule has 2 rings (SSSR count). The molecule has 0 aliphatic rings. The largest absolute Gasteiger partial charge is 0.573 e. The lowest BCUT2D eigenvalue weighted by Crippen LogP contribution is -2.21. The van der Waals surface area contributed by atoms with Crippen molar-refractivity contribution in [1.82, 2.24) is 0 Å². The summed E-state index contributed by atoms with van der Waals surface area (Å²) in [6.45, 7) is -0.745. The Hall–Kier alpha value is -3.83. The molecule has 29 heavy (non-hydrogen) atoms. The fraction of sp³-hybridized carbons (Fsp3) is 0.176. The van der Waals surface area contributed by atoms with Crippen LogP contribution in [0.15, 0.2) is 42.5 Å². The van der Waals surface area contributed by atoms with Crippen LogP contribution in [0.1, 0.15) is 10.4 Å². The van der Waals surface area contributed by atoms with E-state index < -0.39 is 35.5 Å². The molecular formula is C17H13F3N2O7. The minimum atomic E-state index is -4.84. The second-order valence-corrected chi connectivity index (χ2v) is 5.34. The highest BCUT2D eigenvalue weighted by Gasteiger charge is 2.31. The minimum absolute atomic E-state index is 0.0151. The van der Waals surface area contributed by atoms with Crippen molar-refractivity contribution in [2.75, 3.05) is 19.0 Å². The highest BCUT2D eigenvalue weighted by atomic mass is 19.4. The van der Waals surface area contributed by atoms with Crippen molar-refractivity contribution in [3.63, 3.8) is 0 Å². The number of non-ortho nitro benzene ring substituents is 1. The number of methoxy groups -OCH3 is 1. The van der Waals surface area contributed by atoms with Gasteiger partial charge in [-0.05, 0) is 30.3 Å². The summed E-state index contributed by atoms with van der Waals surface area (Å²) in [5.41, 5.74) is -0.486. The molecule has 1 amide bonds. The lowest BCUT2D eigenvalue weighted by molar-refractivity contribution is -0.384. The van der Waals surface area contributed by atoms with Crippen LogP contribution in [0.2, 0.25) is 0 Å². The summed E-state index contributed by atoms with van der Waals surface area (Å²) >= 11 is 0. The van der Waals surface area contributed by atoms with E-state index in [0.29, 0.717) is 0 Å². The number of nitro benzene ring substituents is 1. The van der Waals surface area contributed by atoms with Gasteiger partial charge in [0.1, 0.15) is 17.1 Å². The van der Waals surface area contributed by atoms with Crippen LogP contribution in [0.5, 0.6) is 11.5 Å². The Morgan fingerprint density at radius 1 is 1.14 bits per heavy atom. The van der Waals surface area contributed by atoms with Gasteiger partial charge in [-0.1, -0.05) is 0 Å². The molecule has 0 saturated carbocycles. The van der Waals surface area contributed by atoms with Crippen molar-refractivity contribution in [2.24, 2.45) is 0 Å². The van der Waals surface area contributed by atoms with Crippen molar-refractivity contribution in [2.45, 2.75) is 6.36 Å².